The van der Waals surface area contributed by atoms with Gasteiger partial charge in [-0.05, 0) is 49.2 Å². The summed E-state index contributed by atoms with van der Waals surface area (Å²) in [5.41, 5.74) is 1.63. The summed E-state index contributed by atoms with van der Waals surface area (Å²) in [5.74, 6) is 0.389. The number of nitrogens with one attached hydrogen (secondary N) is 1. The van der Waals surface area contributed by atoms with Crippen molar-refractivity contribution < 1.29 is 9.59 Å². The molecule has 8 heteroatoms. The Morgan fingerprint density at radius 1 is 0.933 bits per heavy atom. The van der Waals surface area contributed by atoms with Crippen LogP contribution >= 0.6 is 11.6 Å². The van der Waals surface area contributed by atoms with Crippen molar-refractivity contribution in [3.63, 3.8) is 0 Å². The Kier molecular flexibility index (Phi) is 6.38. The Labute approximate surface area is 181 Å². The predicted molar refractivity (Wildman–Crippen MR) is 118 cm³/mol. The zero-order valence-corrected chi connectivity index (χ0v) is 17.6. The molecule has 30 heavy (non-hydrogen) atoms. The molecular weight excluding hydrogens is 402 g/mol. The topological polar surface area (TPSA) is 68.8 Å². The number of pyridine rings is 1. The fourth-order valence-electron chi connectivity index (χ4n) is 3.98. The van der Waals surface area contributed by atoms with Crippen molar-refractivity contribution in [3.05, 3.63) is 53.2 Å². The van der Waals surface area contributed by atoms with E-state index >= 15 is 0 Å². The second-order valence-corrected chi connectivity index (χ2v) is 8.03. The first kappa shape index (κ1) is 20.5. The molecule has 7 nitrogen and oxygen atoms in total. The number of carbonyl (C=O) groups excluding carboxylic acids is 2. The standard InChI is InChI=1S/C22H26ClN5O2/c23-17-5-7-18(8-6-17)26-12-14-27(15-13-26)20(29)16-25-22(30)19-4-3-9-24-21(19)28-10-1-2-11-28/h3-9H,1-2,10-16H2,(H,25,30). The molecule has 2 aliphatic heterocycles. The van der Waals surface area contributed by atoms with Crippen LogP contribution in [0.1, 0.15) is 23.2 Å². The summed E-state index contributed by atoms with van der Waals surface area (Å²) in [6.45, 7) is 4.58. The lowest BCUT2D eigenvalue weighted by Crippen LogP contribution is -2.51. The van der Waals surface area contributed by atoms with Crippen molar-refractivity contribution in [3.8, 4) is 0 Å². The van der Waals surface area contributed by atoms with Gasteiger partial charge in [-0.25, -0.2) is 4.98 Å². The summed E-state index contributed by atoms with van der Waals surface area (Å²) in [7, 11) is 0. The van der Waals surface area contributed by atoms with Gasteiger partial charge in [0.25, 0.3) is 5.91 Å². The number of nitrogens with zero attached hydrogens (tertiary/aromatic N) is 4. The Balaban J connectivity index is 1.29. The van der Waals surface area contributed by atoms with Crippen LogP contribution in [-0.2, 0) is 4.79 Å². The van der Waals surface area contributed by atoms with Gasteiger partial charge >= 0.3 is 0 Å². The molecule has 0 aliphatic carbocycles. The van der Waals surface area contributed by atoms with E-state index < -0.39 is 0 Å². The summed E-state index contributed by atoms with van der Waals surface area (Å²) in [4.78, 5) is 35.9. The Morgan fingerprint density at radius 3 is 2.33 bits per heavy atom. The van der Waals surface area contributed by atoms with Crippen LogP contribution in [0.15, 0.2) is 42.6 Å². The van der Waals surface area contributed by atoms with E-state index in [4.69, 9.17) is 11.6 Å². The van der Waals surface area contributed by atoms with Crippen molar-refractivity contribution in [2.75, 3.05) is 55.6 Å². The fraction of sp³-hybridized carbons (Fsp3) is 0.409. The van der Waals surface area contributed by atoms with Gasteiger partial charge in [-0.3, -0.25) is 9.59 Å². The summed E-state index contributed by atoms with van der Waals surface area (Å²) >= 11 is 5.95. The third-order valence-corrected chi connectivity index (χ3v) is 5.91. The van der Waals surface area contributed by atoms with E-state index in [0.717, 1.165) is 44.7 Å². The lowest BCUT2D eigenvalue weighted by atomic mass is 10.2. The zero-order chi connectivity index (χ0) is 20.9. The van der Waals surface area contributed by atoms with E-state index in [9.17, 15) is 9.59 Å². The van der Waals surface area contributed by atoms with Crippen LogP contribution in [0, 0.1) is 0 Å². The average molecular weight is 428 g/mol. The van der Waals surface area contributed by atoms with E-state index in [0.29, 0.717) is 29.5 Å². The van der Waals surface area contributed by atoms with E-state index in [1.807, 2.05) is 24.3 Å². The molecule has 2 aliphatic rings. The van der Waals surface area contributed by atoms with Gasteiger partial charge in [-0.15, -0.1) is 0 Å². The highest BCUT2D eigenvalue weighted by molar-refractivity contribution is 6.30. The van der Waals surface area contributed by atoms with Gasteiger partial charge in [0.15, 0.2) is 0 Å². The normalized spacial score (nSPS) is 16.6. The van der Waals surface area contributed by atoms with Gasteiger partial charge in [-0.1, -0.05) is 11.6 Å². The van der Waals surface area contributed by atoms with Gasteiger partial charge in [0.2, 0.25) is 5.91 Å². The van der Waals surface area contributed by atoms with Crippen LogP contribution in [0.25, 0.3) is 0 Å². The van der Waals surface area contributed by atoms with Crippen LogP contribution in [-0.4, -0.2) is 67.5 Å². The molecule has 1 aromatic heterocycles. The number of hydrogen-bond donors (Lipinski definition) is 1. The van der Waals surface area contributed by atoms with Crippen molar-refractivity contribution in [2.24, 2.45) is 0 Å². The highest BCUT2D eigenvalue weighted by atomic mass is 35.5. The van der Waals surface area contributed by atoms with Gasteiger partial charge in [0, 0.05) is 56.2 Å². The molecule has 1 aromatic carbocycles. The van der Waals surface area contributed by atoms with Crippen molar-refractivity contribution in [2.45, 2.75) is 12.8 Å². The summed E-state index contributed by atoms with van der Waals surface area (Å²) < 4.78 is 0. The first-order chi connectivity index (χ1) is 14.6. The average Bonchev–Trinajstić information content (AvgIpc) is 3.33. The molecule has 0 atom stereocenters. The molecule has 2 aromatic rings. The van der Waals surface area contributed by atoms with E-state index in [2.05, 4.69) is 20.1 Å². The molecule has 3 heterocycles. The third kappa shape index (κ3) is 4.67. The van der Waals surface area contributed by atoms with Gasteiger partial charge in [0.05, 0.1) is 12.1 Å². The number of amides is 2. The lowest BCUT2D eigenvalue weighted by molar-refractivity contribution is -0.130. The number of benzene rings is 1. The molecule has 4 rings (SSSR count). The molecule has 0 saturated carbocycles. The largest absolute Gasteiger partial charge is 0.368 e. The predicted octanol–water partition coefficient (Wildman–Crippen LogP) is 2.41. The minimum Gasteiger partial charge on any atom is -0.368 e. The SMILES string of the molecule is O=C(NCC(=O)N1CCN(c2ccc(Cl)cc2)CC1)c1cccnc1N1CCCC1. The number of halogens is 1. The molecule has 2 fully saturated rings. The van der Waals surface area contributed by atoms with Gasteiger partial charge in [0.1, 0.15) is 5.82 Å². The highest BCUT2D eigenvalue weighted by Crippen LogP contribution is 2.22. The highest BCUT2D eigenvalue weighted by Gasteiger charge is 2.24. The maximum atomic E-state index is 12.7. The van der Waals surface area contributed by atoms with Crippen molar-refractivity contribution in [1.82, 2.24) is 15.2 Å². The number of piperazine rings is 1. The van der Waals surface area contributed by atoms with Crippen molar-refractivity contribution in [1.29, 1.82) is 0 Å². The lowest BCUT2D eigenvalue weighted by Gasteiger charge is -2.36. The first-order valence-electron chi connectivity index (χ1n) is 10.4. The van der Waals surface area contributed by atoms with Gasteiger partial charge < -0.3 is 20.0 Å². The number of carbonyl (C=O) groups is 2. The minimum atomic E-state index is -0.252. The molecule has 1 N–H and O–H groups in total. The summed E-state index contributed by atoms with van der Waals surface area (Å²) in [5, 5.41) is 3.50. The number of rotatable bonds is 5. The van der Waals surface area contributed by atoms with Crippen molar-refractivity contribution >= 4 is 34.9 Å². The van der Waals surface area contributed by atoms with E-state index in [1.165, 1.54) is 0 Å². The second-order valence-electron chi connectivity index (χ2n) is 7.60. The summed E-state index contributed by atoms with van der Waals surface area (Å²) in [6, 6.07) is 11.3. The molecule has 0 unspecified atom stereocenters. The van der Waals surface area contributed by atoms with Crippen LogP contribution in [0.4, 0.5) is 11.5 Å². The number of aromatic nitrogens is 1. The maximum Gasteiger partial charge on any atom is 0.255 e. The molecule has 2 amide bonds. The first-order valence-corrected chi connectivity index (χ1v) is 10.8. The van der Waals surface area contributed by atoms with Crippen LogP contribution in [0.5, 0.6) is 0 Å². The van der Waals surface area contributed by atoms with Gasteiger partial charge in [-0.2, -0.15) is 0 Å². The van der Waals surface area contributed by atoms with E-state index in [-0.39, 0.29) is 18.4 Å². The fourth-order valence-corrected chi connectivity index (χ4v) is 4.11. The molecule has 0 spiro atoms. The zero-order valence-electron chi connectivity index (χ0n) is 16.9. The molecular formula is C22H26ClN5O2. The maximum absolute atomic E-state index is 12.7. The Hall–Kier alpha value is -2.80. The quantitative estimate of drug-likeness (QED) is 0.793. The minimum absolute atomic E-state index is 0.00584. The molecule has 0 bridgehead atoms. The third-order valence-electron chi connectivity index (χ3n) is 5.66. The van der Waals surface area contributed by atoms with Crippen LogP contribution in [0.3, 0.4) is 0 Å². The van der Waals surface area contributed by atoms with Crippen LogP contribution < -0.4 is 15.1 Å². The smallest absolute Gasteiger partial charge is 0.255 e. The van der Waals surface area contributed by atoms with E-state index in [1.54, 1.807) is 23.2 Å². The Morgan fingerprint density at radius 2 is 1.63 bits per heavy atom. The number of anilines is 2. The molecule has 2 saturated heterocycles. The second kappa shape index (κ2) is 9.34. The summed E-state index contributed by atoms with van der Waals surface area (Å²) in [6.07, 6.45) is 3.92. The number of hydrogen-bond acceptors (Lipinski definition) is 5. The monoisotopic (exact) mass is 427 g/mol. The van der Waals surface area contributed by atoms with Crippen LogP contribution in [0.2, 0.25) is 5.02 Å². The Bertz CT molecular complexity index is 891. The molecule has 0 radical (unpaired) electrons. The molecule has 158 valence electrons.